The van der Waals surface area contributed by atoms with Crippen molar-refractivity contribution in [2.24, 2.45) is 11.3 Å². The molecule has 0 radical (unpaired) electrons. The highest BCUT2D eigenvalue weighted by molar-refractivity contribution is 5.87. The number of ether oxygens (including phenoxy) is 1. The summed E-state index contributed by atoms with van der Waals surface area (Å²) in [7, 11) is 0. The van der Waals surface area contributed by atoms with Gasteiger partial charge in [0.2, 0.25) is 0 Å². The topological polar surface area (TPSA) is 48.1 Å². The number of rotatable bonds is 2. The van der Waals surface area contributed by atoms with Crippen LogP contribution >= 0.6 is 0 Å². The number of pyridine rings is 1. The van der Waals surface area contributed by atoms with Crippen LogP contribution < -0.4 is 10.5 Å². The molecule has 2 aromatic rings. The molecule has 1 aliphatic rings. The van der Waals surface area contributed by atoms with Crippen molar-refractivity contribution in [2.75, 3.05) is 5.73 Å². The number of aromatic nitrogens is 1. The van der Waals surface area contributed by atoms with Gasteiger partial charge in [0.25, 0.3) is 0 Å². The summed E-state index contributed by atoms with van der Waals surface area (Å²) in [4.78, 5) is 4.38. The summed E-state index contributed by atoms with van der Waals surface area (Å²) >= 11 is 0. The summed E-state index contributed by atoms with van der Waals surface area (Å²) in [6, 6.07) is 7.77. The third-order valence-corrected chi connectivity index (χ3v) is 4.37. The first-order chi connectivity index (χ1) is 9.93. The minimum Gasteiger partial charge on any atom is -0.490 e. The van der Waals surface area contributed by atoms with Crippen molar-refractivity contribution in [1.29, 1.82) is 0 Å². The Hall–Kier alpha value is -1.77. The van der Waals surface area contributed by atoms with Gasteiger partial charge in [-0.2, -0.15) is 0 Å². The van der Waals surface area contributed by atoms with Crippen LogP contribution in [0.1, 0.15) is 40.0 Å². The van der Waals surface area contributed by atoms with Gasteiger partial charge in [-0.05, 0) is 54.9 Å². The van der Waals surface area contributed by atoms with Crippen molar-refractivity contribution in [2.45, 2.75) is 46.1 Å². The van der Waals surface area contributed by atoms with Gasteiger partial charge in [0, 0.05) is 17.3 Å². The number of anilines is 1. The molecule has 2 N–H and O–H groups in total. The lowest BCUT2D eigenvalue weighted by Crippen LogP contribution is -2.34. The lowest BCUT2D eigenvalue weighted by Gasteiger charge is -2.39. The number of fused-ring (bicyclic) bond motifs is 1. The van der Waals surface area contributed by atoms with Crippen molar-refractivity contribution >= 4 is 16.6 Å². The Labute approximate surface area is 126 Å². The van der Waals surface area contributed by atoms with Crippen molar-refractivity contribution in [3.8, 4) is 5.75 Å². The van der Waals surface area contributed by atoms with E-state index >= 15 is 0 Å². The predicted molar refractivity (Wildman–Crippen MR) is 87.4 cm³/mol. The first-order valence-electron chi connectivity index (χ1n) is 7.74. The van der Waals surface area contributed by atoms with E-state index in [0.29, 0.717) is 11.3 Å². The molecule has 112 valence electrons. The molecule has 3 nitrogen and oxygen atoms in total. The van der Waals surface area contributed by atoms with Crippen LogP contribution in [0, 0.1) is 11.3 Å². The van der Waals surface area contributed by atoms with Crippen LogP contribution in [0.5, 0.6) is 5.75 Å². The summed E-state index contributed by atoms with van der Waals surface area (Å²) in [6.45, 7) is 7.00. The fourth-order valence-corrected chi connectivity index (χ4v) is 3.77. The quantitative estimate of drug-likeness (QED) is 0.831. The zero-order chi connectivity index (χ0) is 15.0. The molecular weight excluding hydrogens is 260 g/mol. The van der Waals surface area contributed by atoms with E-state index in [9.17, 15) is 0 Å². The minimum absolute atomic E-state index is 0.284. The van der Waals surface area contributed by atoms with E-state index in [1.807, 2.05) is 24.3 Å². The Morgan fingerprint density at radius 2 is 2.05 bits per heavy atom. The smallest absolute Gasteiger partial charge is 0.130 e. The molecule has 0 bridgehead atoms. The Kier molecular flexibility index (Phi) is 3.52. The SMILES string of the molecule is CC1CC(Oc2ccnc3cc(N)ccc23)CC(C)(C)C1. The van der Waals surface area contributed by atoms with Gasteiger partial charge in [-0.1, -0.05) is 20.8 Å². The van der Waals surface area contributed by atoms with Crippen molar-refractivity contribution in [3.05, 3.63) is 30.5 Å². The molecule has 1 aromatic heterocycles. The summed E-state index contributed by atoms with van der Waals surface area (Å²) in [5.74, 6) is 1.64. The summed E-state index contributed by atoms with van der Waals surface area (Å²) < 4.78 is 6.33. The Bertz CT molecular complexity index is 651. The second-order valence-corrected chi connectivity index (χ2v) is 7.24. The van der Waals surface area contributed by atoms with Crippen LogP contribution in [0.4, 0.5) is 5.69 Å². The molecular formula is C18H24N2O. The van der Waals surface area contributed by atoms with Crippen molar-refractivity contribution < 1.29 is 4.74 Å². The van der Waals surface area contributed by atoms with Gasteiger partial charge in [-0.15, -0.1) is 0 Å². The molecule has 1 saturated carbocycles. The van der Waals surface area contributed by atoms with Gasteiger partial charge in [-0.25, -0.2) is 0 Å². The molecule has 1 aliphatic carbocycles. The molecule has 3 rings (SSSR count). The number of hydrogen-bond acceptors (Lipinski definition) is 3. The number of hydrogen-bond donors (Lipinski definition) is 1. The van der Waals surface area contributed by atoms with E-state index in [1.165, 1.54) is 6.42 Å². The molecule has 0 aliphatic heterocycles. The summed E-state index contributed by atoms with van der Waals surface area (Å²) in [6.07, 6.45) is 5.60. The maximum atomic E-state index is 6.33. The number of nitrogens with two attached hydrogens (primary N) is 1. The van der Waals surface area contributed by atoms with Gasteiger partial charge in [0.05, 0.1) is 11.6 Å². The number of nitrogen functional groups attached to an aromatic ring is 1. The minimum atomic E-state index is 0.284. The third kappa shape index (κ3) is 3.12. The molecule has 1 heterocycles. The van der Waals surface area contributed by atoms with Crippen LogP contribution in [0.3, 0.4) is 0 Å². The van der Waals surface area contributed by atoms with E-state index < -0.39 is 0 Å². The highest BCUT2D eigenvalue weighted by Gasteiger charge is 2.33. The van der Waals surface area contributed by atoms with E-state index in [0.717, 1.165) is 35.2 Å². The standard InChI is InChI=1S/C18H24N2O/c1-12-8-14(11-18(2,3)10-12)21-17-6-7-20-16-9-13(19)4-5-15(16)17/h4-7,9,12,14H,8,10-11,19H2,1-3H3. The second-order valence-electron chi connectivity index (χ2n) is 7.24. The molecule has 0 spiro atoms. The molecule has 2 unspecified atom stereocenters. The molecule has 2 atom stereocenters. The van der Waals surface area contributed by atoms with Gasteiger partial charge >= 0.3 is 0 Å². The summed E-state index contributed by atoms with van der Waals surface area (Å²) in [5.41, 5.74) is 7.82. The van der Waals surface area contributed by atoms with Crippen LogP contribution in [-0.4, -0.2) is 11.1 Å². The Balaban J connectivity index is 1.88. The maximum absolute atomic E-state index is 6.33. The average Bonchev–Trinajstić information content (AvgIpc) is 2.36. The third-order valence-electron chi connectivity index (χ3n) is 4.37. The molecule has 21 heavy (non-hydrogen) atoms. The monoisotopic (exact) mass is 284 g/mol. The van der Waals surface area contributed by atoms with Crippen LogP contribution in [0.25, 0.3) is 10.9 Å². The van der Waals surface area contributed by atoms with Crippen molar-refractivity contribution in [3.63, 3.8) is 0 Å². The molecule has 0 saturated heterocycles. The van der Waals surface area contributed by atoms with E-state index in [-0.39, 0.29) is 6.10 Å². The molecule has 0 amide bonds. The highest BCUT2D eigenvalue weighted by Crippen LogP contribution is 2.40. The largest absolute Gasteiger partial charge is 0.490 e. The first-order valence-corrected chi connectivity index (χ1v) is 7.74. The molecule has 3 heteroatoms. The number of benzene rings is 1. The van der Waals surface area contributed by atoms with Gasteiger partial charge < -0.3 is 10.5 Å². The van der Waals surface area contributed by atoms with Crippen LogP contribution in [0.15, 0.2) is 30.5 Å². The van der Waals surface area contributed by atoms with E-state index in [2.05, 4.69) is 25.8 Å². The highest BCUT2D eigenvalue weighted by atomic mass is 16.5. The Morgan fingerprint density at radius 1 is 1.24 bits per heavy atom. The fraction of sp³-hybridized carbons (Fsp3) is 0.500. The molecule has 1 fully saturated rings. The van der Waals surface area contributed by atoms with Gasteiger partial charge in [-0.3, -0.25) is 4.98 Å². The molecule has 1 aromatic carbocycles. The Morgan fingerprint density at radius 3 is 2.81 bits per heavy atom. The van der Waals surface area contributed by atoms with E-state index in [1.54, 1.807) is 6.20 Å². The van der Waals surface area contributed by atoms with Crippen molar-refractivity contribution in [1.82, 2.24) is 4.98 Å². The van der Waals surface area contributed by atoms with E-state index in [4.69, 9.17) is 10.5 Å². The van der Waals surface area contributed by atoms with Gasteiger partial charge in [0.1, 0.15) is 5.75 Å². The first kappa shape index (κ1) is 14.2. The van der Waals surface area contributed by atoms with Gasteiger partial charge in [0.15, 0.2) is 0 Å². The summed E-state index contributed by atoms with van der Waals surface area (Å²) in [5, 5.41) is 1.04. The lowest BCUT2D eigenvalue weighted by atomic mass is 9.71. The maximum Gasteiger partial charge on any atom is 0.130 e. The van der Waals surface area contributed by atoms with Crippen LogP contribution in [-0.2, 0) is 0 Å². The second kappa shape index (κ2) is 5.21. The zero-order valence-corrected chi connectivity index (χ0v) is 13.1. The fourth-order valence-electron chi connectivity index (χ4n) is 3.77. The zero-order valence-electron chi connectivity index (χ0n) is 13.1. The van der Waals surface area contributed by atoms with Crippen LogP contribution in [0.2, 0.25) is 0 Å². The number of nitrogens with zero attached hydrogens (tertiary/aromatic N) is 1. The normalized spacial score (nSPS) is 24.9. The predicted octanol–water partition coefficient (Wildman–Crippen LogP) is 4.41. The lowest BCUT2D eigenvalue weighted by molar-refractivity contribution is 0.0572. The average molecular weight is 284 g/mol.